The van der Waals surface area contributed by atoms with Crippen molar-refractivity contribution >= 4 is 46.6 Å². The number of nitriles is 1. The number of thiocarbonyl (C=S) groups is 1. The fourth-order valence-corrected chi connectivity index (χ4v) is 2.08. The highest BCUT2D eigenvalue weighted by Crippen LogP contribution is 2.29. The molecular formula is C13H14N4O4S2. The zero-order valence-electron chi connectivity index (χ0n) is 12.2. The van der Waals surface area contributed by atoms with Gasteiger partial charge in [0.15, 0.2) is 5.11 Å². The number of amides is 1. The van der Waals surface area contributed by atoms with Crippen molar-refractivity contribution in [2.75, 3.05) is 11.9 Å². The summed E-state index contributed by atoms with van der Waals surface area (Å²) in [6.07, 6.45) is 0.891. The van der Waals surface area contributed by atoms with E-state index in [-0.39, 0.29) is 23.1 Å². The van der Waals surface area contributed by atoms with Crippen LogP contribution in [-0.2, 0) is 4.74 Å². The molecule has 0 saturated heterocycles. The molecule has 10 heteroatoms. The Bertz CT molecular complexity index is 645. The fourth-order valence-electron chi connectivity index (χ4n) is 1.48. The van der Waals surface area contributed by atoms with Crippen LogP contribution in [0.1, 0.15) is 19.8 Å². The molecule has 0 aromatic heterocycles. The van der Waals surface area contributed by atoms with Crippen molar-refractivity contribution < 1.29 is 14.5 Å². The molecule has 0 bridgehead atoms. The monoisotopic (exact) mass is 354 g/mol. The molecular weight excluding hydrogens is 340 g/mol. The zero-order valence-corrected chi connectivity index (χ0v) is 13.8. The molecule has 2 N–H and O–H groups in total. The Kier molecular flexibility index (Phi) is 7.79. The minimum atomic E-state index is -0.727. The second-order valence-electron chi connectivity index (χ2n) is 4.20. The van der Waals surface area contributed by atoms with Crippen molar-refractivity contribution in [3.63, 3.8) is 0 Å². The number of thiocyanates is 1. The first-order valence-corrected chi connectivity index (χ1v) is 7.79. The Hall–Kier alpha value is -2.38. The molecule has 1 amide bonds. The lowest BCUT2D eigenvalue weighted by atomic mass is 10.2. The summed E-state index contributed by atoms with van der Waals surface area (Å²) in [5.41, 5.74) is -0.148. The minimum Gasteiger partial charge on any atom is -0.449 e. The summed E-state index contributed by atoms with van der Waals surface area (Å²) < 4.78 is 4.87. The maximum atomic E-state index is 11.4. The molecule has 0 saturated carbocycles. The first-order valence-electron chi connectivity index (χ1n) is 6.57. The van der Waals surface area contributed by atoms with Gasteiger partial charge in [-0.2, -0.15) is 5.26 Å². The predicted molar refractivity (Wildman–Crippen MR) is 90.2 cm³/mol. The van der Waals surface area contributed by atoms with E-state index in [4.69, 9.17) is 22.2 Å². The molecule has 0 aliphatic rings. The average Bonchev–Trinajstić information content (AvgIpc) is 2.49. The largest absolute Gasteiger partial charge is 0.449 e. The third-order valence-corrected chi connectivity index (χ3v) is 3.31. The fraction of sp³-hybridized carbons (Fsp3) is 0.308. The summed E-state index contributed by atoms with van der Waals surface area (Å²) in [4.78, 5) is 22.3. The number of carbonyl (C=O) groups excluding carboxylic acids is 1. The summed E-state index contributed by atoms with van der Waals surface area (Å²) in [6, 6.07) is 4.19. The number of rotatable bonds is 6. The minimum absolute atomic E-state index is 0.108. The summed E-state index contributed by atoms with van der Waals surface area (Å²) in [5, 5.41) is 26.2. The number of alkyl carbamates (subject to hydrolysis) is 1. The highest BCUT2D eigenvalue weighted by molar-refractivity contribution is 8.03. The van der Waals surface area contributed by atoms with Crippen molar-refractivity contribution in [2.45, 2.75) is 24.7 Å². The molecule has 122 valence electrons. The topological polar surface area (TPSA) is 117 Å². The van der Waals surface area contributed by atoms with Crippen LogP contribution in [0.25, 0.3) is 0 Å². The van der Waals surface area contributed by atoms with Crippen LogP contribution in [0.15, 0.2) is 23.1 Å². The van der Waals surface area contributed by atoms with E-state index in [1.54, 1.807) is 0 Å². The first-order chi connectivity index (χ1) is 11.0. The van der Waals surface area contributed by atoms with Gasteiger partial charge in [-0.25, -0.2) is 4.79 Å². The van der Waals surface area contributed by atoms with Crippen LogP contribution in [0.3, 0.4) is 0 Å². The van der Waals surface area contributed by atoms with Crippen LogP contribution in [0.2, 0.25) is 0 Å². The summed E-state index contributed by atoms with van der Waals surface area (Å²) in [7, 11) is 0. The van der Waals surface area contributed by atoms with E-state index >= 15 is 0 Å². The number of unbranched alkanes of at least 4 members (excludes halogenated alkanes) is 1. The van der Waals surface area contributed by atoms with Crippen LogP contribution in [0.5, 0.6) is 0 Å². The lowest BCUT2D eigenvalue weighted by molar-refractivity contribution is -0.384. The van der Waals surface area contributed by atoms with Gasteiger partial charge in [0.05, 0.1) is 11.5 Å². The molecule has 0 spiro atoms. The molecule has 1 aromatic rings. The van der Waals surface area contributed by atoms with E-state index in [2.05, 4.69) is 10.6 Å². The number of ether oxygens (including phenoxy) is 1. The third kappa shape index (κ3) is 6.50. The van der Waals surface area contributed by atoms with Gasteiger partial charge in [0.25, 0.3) is 5.69 Å². The smallest absolute Gasteiger partial charge is 0.413 e. The van der Waals surface area contributed by atoms with Gasteiger partial charge in [0.1, 0.15) is 11.1 Å². The first kappa shape index (κ1) is 18.7. The number of nitrogens with zero attached hydrogens (tertiary/aromatic N) is 2. The quantitative estimate of drug-likeness (QED) is 0.199. The summed E-state index contributed by atoms with van der Waals surface area (Å²) in [6.45, 7) is 2.23. The number of carbonyl (C=O) groups is 1. The van der Waals surface area contributed by atoms with E-state index in [0.29, 0.717) is 4.90 Å². The summed E-state index contributed by atoms with van der Waals surface area (Å²) in [5.74, 6) is 0. The van der Waals surface area contributed by atoms with E-state index < -0.39 is 11.0 Å². The van der Waals surface area contributed by atoms with Gasteiger partial charge in [0, 0.05) is 11.0 Å². The molecule has 0 fully saturated rings. The Morgan fingerprint density at radius 2 is 2.30 bits per heavy atom. The second kappa shape index (κ2) is 9.60. The Morgan fingerprint density at radius 1 is 1.57 bits per heavy atom. The van der Waals surface area contributed by atoms with Crippen molar-refractivity contribution in [1.29, 1.82) is 5.26 Å². The Morgan fingerprint density at radius 3 is 2.91 bits per heavy atom. The second-order valence-corrected chi connectivity index (χ2v) is 5.46. The van der Waals surface area contributed by atoms with Gasteiger partial charge in [-0.3, -0.25) is 15.4 Å². The number of nitro benzene ring substituents is 1. The van der Waals surface area contributed by atoms with Gasteiger partial charge in [-0.1, -0.05) is 13.3 Å². The maximum absolute atomic E-state index is 11.4. The molecule has 0 aliphatic heterocycles. The van der Waals surface area contributed by atoms with Gasteiger partial charge >= 0.3 is 6.09 Å². The van der Waals surface area contributed by atoms with E-state index in [1.807, 2.05) is 12.3 Å². The number of anilines is 1. The van der Waals surface area contributed by atoms with Gasteiger partial charge in [-0.05, 0) is 42.5 Å². The molecule has 0 unspecified atom stereocenters. The van der Waals surface area contributed by atoms with E-state index in [9.17, 15) is 14.9 Å². The third-order valence-electron chi connectivity index (χ3n) is 2.52. The maximum Gasteiger partial charge on any atom is 0.413 e. The molecule has 0 heterocycles. The van der Waals surface area contributed by atoms with Gasteiger partial charge in [-0.15, -0.1) is 0 Å². The van der Waals surface area contributed by atoms with E-state index in [1.165, 1.54) is 18.2 Å². The predicted octanol–water partition coefficient (Wildman–Crippen LogP) is 3.39. The molecule has 1 aromatic carbocycles. The van der Waals surface area contributed by atoms with Crippen molar-refractivity contribution in [1.82, 2.24) is 5.32 Å². The van der Waals surface area contributed by atoms with Crippen LogP contribution >= 0.6 is 24.0 Å². The Labute approximate surface area is 142 Å². The van der Waals surface area contributed by atoms with Gasteiger partial charge < -0.3 is 10.1 Å². The van der Waals surface area contributed by atoms with E-state index in [0.717, 1.165) is 24.6 Å². The highest BCUT2D eigenvalue weighted by Gasteiger charge is 2.17. The molecule has 23 heavy (non-hydrogen) atoms. The molecule has 0 radical (unpaired) electrons. The lowest BCUT2D eigenvalue weighted by Crippen LogP contribution is -2.34. The molecule has 8 nitrogen and oxygen atoms in total. The van der Waals surface area contributed by atoms with Crippen LogP contribution in [0.4, 0.5) is 16.2 Å². The van der Waals surface area contributed by atoms with Crippen LogP contribution in [0, 0.1) is 20.8 Å². The van der Waals surface area contributed by atoms with Crippen molar-refractivity contribution in [3.05, 3.63) is 28.3 Å². The number of hydrogen-bond acceptors (Lipinski definition) is 7. The average molecular weight is 354 g/mol. The number of hydrogen-bond donors (Lipinski definition) is 2. The lowest BCUT2D eigenvalue weighted by Gasteiger charge is -2.10. The van der Waals surface area contributed by atoms with Crippen molar-refractivity contribution in [2.24, 2.45) is 0 Å². The standard InChI is InChI=1S/C13H14N4O4S2/c1-2-3-6-21-13(18)16-12(22)15-10-5-4-9(23-8-14)7-11(10)17(19)20/h4-5,7H,2-3,6H2,1H3,(H2,15,16,18,22). The molecule has 0 atom stereocenters. The summed E-state index contributed by atoms with van der Waals surface area (Å²) >= 11 is 5.73. The van der Waals surface area contributed by atoms with Crippen molar-refractivity contribution in [3.8, 4) is 5.40 Å². The number of nitro groups is 1. The number of nitrogens with one attached hydrogen (secondary N) is 2. The number of thioether (sulfide) groups is 1. The normalized spacial score (nSPS) is 9.57. The molecule has 1 rings (SSSR count). The zero-order chi connectivity index (χ0) is 17.2. The highest BCUT2D eigenvalue weighted by atomic mass is 32.2. The Balaban J connectivity index is 2.72. The van der Waals surface area contributed by atoms with Crippen LogP contribution < -0.4 is 10.6 Å². The number of benzene rings is 1. The molecule has 0 aliphatic carbocycles. The van der Waals surface area contributed by atoms with Crippen LogP contribution in [-0.4, -0.2) is 22.7 Å². The van der Waals surface area contributed by atoms with Gasteiger partial charge in [0.2, 0.25) is 0 Å². The SMILES string of the molecule is CCCCOC(=O)NC(=S)Nc1ccc(SC#N)cc1[N+](=O)[O-].